The Kier molecular flexibility index (Phi) is 6.85. The minimum Gasteiger partial charge on any atom is -0.379 e. The minimum absolute atomic E-state index is 0. The number of hydrogen-bond donors (Lipinski definition) is 2. The van der Waals surface area contributed by atoms with Gasteiger partial charge in [-0.25, -0.2) is 0 Å². The van der Waals surface area contributed by atoms with Gasteiger partial charge in [0.05, 0.1) is 0 Å². The Labute approximate surface area is 110 Å². The molecule has 0 aliphatic rings. The molecular weight excluding hydrogens is 351 g/mol. The van der Waals surface area contributed by atoms with E-state index >= 15 is 0 Å². The molecule has 78 valence electrons. The van der Waals surface area contributed by atoms with Gasteiger partial charge in [-0.05, 0) is 17.7 Å². The Balaban J connectivity index is 0.00000169. The van der Waals surface area contributed by atoms with Crippen molar-refractivity contribution in [2.24, 2.45) is 5.73 Å². The summed E-state index contributed by atoms with van der Waals surface area (Å²) in [5.74, 6) is 0.706. The van der Waals surface area contributed by atoms with Crippen LogP contribution in [0.15, 0.2) is 27.1 Å². The number of amidine groups is 1. The van der Waals surface area contributed by atoms with Crippen molar-refractivity contribution in [1.29, 1.82) is 5.41 Å². The first-order valence-corrected chi connectivity index (χ1v) is 6.08. The van der Waals surface area contributed by atoms with Gasteiger partial charge in [0.25, 0.3) is 0 Å². The predicted octanol–water partition coefficient (Wildman–Crippen LogP) is 3.76. The fourth-order valence-corrected chi connectivity index (χ4v) is 3.08. The van der Waals surface area contributed by atoms with E-state index < -0.39 is 0 Å². The first kappa shape index (κ1) is 14.3. The topological polar surface area (TPSA) is 49.9 Å². The molecular formula is C8H9Br2ClN2S. The van der Waals surface area contributed by atoms with Crippen LogP contribution < -0.4 is 5.73 Å². The van der Waals surface area contributed by atoms with Crippen molar-refractivity contribution in [2.45, 2.75) is 5.75 Å². The quantitative estimate of drug-likeness (QED) is 0.623. The van der Waals surface area contributed by atoms with E-state index in [0.717, 1.165) is 14.5 Å². The third-order valence-electron chi connectivity index (χ3n) is 1.43. The van der Waals surface area contributed by atoms with Gasteiger partial charge in [-0.15, -0.1) is 12.4 Å². The number of thioether (sulfide) groups is 1. The Morgan fingerprint density at radius 1 is 1.36 bits per heavy atom. The number of benzene rings is 1. The maximum absolute atomic E-state index is 7.09. The van der Waals surface area contributed by atoms with Gasteiger partial charge >= 0.3 is 0 Å². The average Bonchev–Trinajstić information content (AvgIpc) is 2.03. The van der Waals surface area contributed by atoms with Crippen LogP contribution in [-0.2, 0) is 5.75 Å². The van der Waals surface area contributed by atoms with Gasteiger partial charge in [0.15, 0.2) is 5.17 Å². The molecule has 0 saturated carbocycles. The summed E-state index contributed by atoms with van der Waals surface area (Å²) in [5.41, 5.74) is 6.38. The molecule has 1 rings (SSSR count). The number of hydrogen-bond acceptors (Lipinski definition) is 2. The van der Waals surface area contributed by atoms with Crippen molar-refractivity contribution in [1.82, 2.24) is 0 Å². The van der Waals surface area contributed by atoms with Crippen molar-refractivity contribution in [2.75, 3.05) is 0 Å². The highest BCUT2D eigenvalue weighted by Crippen LogP contribution is 2.28. The molecule has 14 heavy (non-hydrogen) atoms. The molecule has 0 unspecified atom stereocenters. The van der Waals surface area contributed by atoms with Crippen LogP contribution in [0.1, 0.15) is 5.56 Å². The molecule has 0 heterocycles. The highest BCUT2D eigenvalue weighted by molar-refractivity contribution is 9.11. The summed E-state index contributed by atoms with van der Waals surface area (Å²) in [5, 5.41) is 7.24. The highest BCUT2D eigenvalue weighted by atomic mass is 79.9. The molecule has 6 heteroatoms. The van der Waals surface area contributed by atoms with Gasteiger partial charge in [-0.3, -0.25) is 5.41 Å². The van der Waals surface area contributed by atoms with E-state index in [4.69, 9.17) is 11.1 Å². The maximum atomic E-state index is 7.09. The molecule has 3 N–H and O–H groups in total. The van der Waals surface area contributed by atoms with Gasteiger partial charge in [0.1, 0.15) is 0 Å². The zero-order chi connectivity index (χ0) is 9.84. The molecule has 1 aromatic rings. The Morgan fingerprint density at radius 3 is 2.29 bits per heavy atom. The average molecular weight is 361 g/mol. The molecule has 0 fully saturated rings. The lowest BCUT2D eigenvalue weighted by atomic mass is 10.2. The third kappa shape index (κ3) is 4.21. The number of nitrogens with two attached hydrogens (primary N) is 1. The van der Waals surface area contributed by atoms with E-state index in [0.29, 0.717) is 5.75 Å². The largest absolute Gasteiger partial charge is 0.379 e. The molecule has 0 amide bonds. The van der Waals surface area contributed by atoms with Crippen LogP contribution in [0.3, 0.4) is 0 Å². The van der Waals surface area contributed by atoms with Crippen LogP contribution in [0.2, 0.25) is 0 Å². The van der Waals surface area contributed by atoms with Gasteiger partial charge in [0.2, 0.25) is 0 Å². The Morgan fingerprint density at radius 2 is 1.86 bits per heavy atom. The van der Waals surface area contributed by atoms with E-state index in [1.807, 2.05) is 18.2 Å². The fraction of sp³-hybridized carbons (Fsp3) is 0.125. The third-order valence-corrected chi connectivity index (χ3v) is 3.66. The maximum Gasteiger partial charge on any atom is 0.151 e. The second kappa shape index (κ2) is 6.71. The van der Waals surface area contributed by atoms with Crippen LogP contribution in [-0.4, -0.2) is 5.17 Å². The van der Waals surface area contributed by atoms with E-state index in [1.165, 1.54) is 11.8 Å². The van der Waals surface area contributed by atoms with E-state index in [1.54, 1.807) is 0 Å². The molecule has 0 aromatic heterocycles. The lowest BCUT2D eigenvalue weighted by Crippen LogP contribution is -2.04. The predicted molar refractivity (Wildman–Crippen MR) is 72.3 cm³/mol. The fourth-order valence-electron chi connectivity index (χ4n) is 0.820. The van der Waals surface area contributed by atoms with Crippen LogP contribution >= 0.6 is 56.0 Å². The molecule has 0 spiro atoms. The summed E-state index contributed by atoms with van der Waals surface area (Å²) in [4.78, 5) is 0. The van der Waals surface area contributed by atoms with Gasteiger partial charge < -0.3 is 5.73 Å². The summed E-state index contributed by atoms with van der Waals surface area (Å²) in [7, 11) is 0. The normalized spacial score (nSPS) is 9.29. The van der Waals surface area contributed by atoms with Gasteiger partial charge in [0, 0.05) is 14.7 Å². The Hall–Kier alpha value is 0.290. The standard InChI is InChI=1S/C8H8Br2N2S.ClH/c9-6-2-1-3-7(10)5(6)4-13-8(11)12;/h1-3H,4H2,(H3,11,12);1H. The van der Waals surface area contributed by atoms with E-state index in [9.17, 15) is 0 Å². The molecule has 0 radical (unpaired) electrons. The smallest absolute Gasteiger partial charge is 0.151 e. The molecule has 0 aliphatic heterocycles. The number of halogens is 3. The zero-order valence-electron chi connectivity index (χ0n) is 7.09. The minimum atomic E-state index is 0. The highest BCUT2D eigenvalue weighted by Gasteiger charge is 2.04. The van der Waals surface area contributed by atoms with Gasteiger partial charge in [-0.1, -0.05) is 49.7 Å². The first-order chi connectivity index (χ1) is 6.11. The molecule has 2 nitrogen and oxygen atoms in total. The van der Waals surface area contributed by atoms with Crippen LogP contribution in [0.25, 0.3) is 0 Å². The molecule has 0 bridgehead atoms. The lowest BCUT2D eigenvalue weighted by molar-refractivity contribution is 1.35. The van der Waals surface area contributed by atoms with Crippen LogP contribution in [0, 0.1) is 5.41 Å². The lowest BCUT2D eigenvalue weighted by Gasteiger charge is -2.05. The second-order valence-corrected chi connectivity index (χ2v) is 5.08. The van der Waals surface area contributed by atoms with Crippen molar-refractivity contribution in [3.8, 4) is 0 Å². The van der Waals surface area contributed by atoms with Crippen molar-refractivity contribution >= 4 is 61.2 Å². The van der Waals surface area contributed by atoms with Gasteiger partial charge in [-0.2, -0.15) is 0 Å². The SMILES string of the molecule is Cl.N=C(N)SCc1c(Br)cccc1Br. The molecule has 1 aromatic carbocycles. The summed E-state index contributed by atoms with van der Waals surface area (Å²) in [6, 6.07) is 5.90. The monoisotopic (exact) mass is 358 g/mol. The Bertz CT molecular complexity index is 313. The van der Waals surface area contributed by atoms with Crippen LogP contribution in [0.5, 0.6) is 0 Å². The summed E-state index contributed by atoms with van der Waals surface area (Å²) in [6.45, 7) is 0. The molecule has 0 aliphatic carbocycles. The summed E-state index contributed by atoms with van der Waals surface area (Å²) < 4.78 is 2.08. The molecule has 0 atom stereocenters. The first-order valence-electron chi connectivity index (χ1n) is 3.51. The summed E-state index contributed by atoms with van der Waals surface area (Å²) in [6.07, 6.45) is 0. The van der Waals surface area contributed by atoms with E-state index in [-0.39, 0.29) is 17.6 Å². The number of rotatable bonds is 2. The van der Waals surface area contributed by atoms with Crippen molar-refractivity contribution in [3.63, 3.8) is 0 Å². The van der Waals surface area contributed by atoms with Crippen molar-refractivity contribution < 1.29 is 0 Å². The second-order valence-electron chi connectivity index (χ2n) is 2.35. The van der Waals surface area contributed by atoms with E-state index in [2.05, 4.69) is 31.9 Å². The van der Waals surface area contributed by atoms with Crippen LogP contribution in [0.4, 0.5) is 0 Å². The number of nitrogens with one attached hydrogen (secondary N) is 1. The van der Waals surface area contributed by atoms with Crippen molar-refractivity contribution in [3.05, 3.63) is 32.7 Å². The zero-order valence-corrected chi connectivity index (χ0v) is 11.9. The summed E-state index contributed by atoms with van der Waals surface area (Å²) >= 11 is 8.20. The molecule has 0 saturated heterocycles.